The molecule has 0 aliphatic rings. The zero-order chi connectivity index (χ0) is 17.5. The maximum absolute atomic E-state index is 11.4. The number of non-ortho nitro benzene ring substituents is 1. The number of carbonyl (C=O) groups excluding carboxylic acids is 1. The lowest BCUT2D eigenvalue weighted by molar-refractivity contribution is -0.384. The lowest BCUT2D eigenvalue weighted by atomic mass is 10.2. The highest BCUT2D eigenvalue weighted by atomic mass is 16.6. The van der Waals surface area contributed by atoms with E-state index in [4.69, 9.17) is 9.47 Å². The number of nitrogens with zero attached hydrogens (tertiary/aromatic N) is 1. The summed E-state index contributed by atoms with van der Waals surface area (Å²) >= 11 is 0. The molecule has 1 amide bonds. The largest absolute Gasteiger partial charge is 0.496 e. The van der Waals surface area contributed by atoms with E-state index in [0.29, 0.717) is 30.9 Å². The molecule has 0 saturated heterocycles. The molecule has 0 aliphatic heterocycles. The van der Waals surface area contributed by atoms with Gasteiger partial charge in [-0.15, -0.1) is 0 Å². The van der Waals surface area contributed by atoms with Crippen molar-refractivity contribution in [1.82, 2.24) is 5.32 Å². The van der Waals surface area contributed by atoms with Gasteiger partial charge in [0.2, 0.25) is 0 Å². The molecule has 0 aliphatic carbocycles. The molecule has 0 fully saturated rings. The van der Waals surface area contributed by atoms with Gasteiger partial charge in [0.05, 0.1) is 18.1 Å². The van der Waals surface area contributed by atoms with E-state index in [9.17, 15) is 14.9 Å². The molecule has 0 saturated carbocycles. The number of ether oxygens (including phenoxy) is 2. The van der Waals surface area contributed by atoms with E-state index in [1.165, 1.54) is 19.2 Å². The summed E-state index contributed by atoms with van der Waals surface area (Å²) in [7, 11) is 1.45. The summed E-state index contributed by atoms with van der Waals surface area (Å²) < 4.78 is 10.1. The van der Waals surface area contributed by atoms with Crippen molar-refractivity contribution in [2.75, 3.05) is 25.5 Å². The van der Waals surface area contributed by atoms with Crippen LogP contribution in [0, 0.1) is 10.1 Å². The molecule has 128 valence electrons. The van der Waals surface area contributed by atoms with Gasteiger partial charge in [-0.25, -0.2) is 4.79 Å². The van der Waals surface area contributed by atoms with Crippen LogP contribution in [0.15, 0.2) is 18.2 Å². The maximum atomic E-state index is 11.4. The number of nitrogens with one attached hydrogen (secondary N) is 2. The van der Waals surface area contributed by atoms with Crippen molar-refractivity contribution >= 4 is 17.5 Å². The summed E-state index contributed by atoms with van der Waals surface area (Å²) in [6, 6.07) is 4.47. The Morgan fingerprint density at radius 2 is 1.96 bits per heavy atom. The molecule has 1 rings (SSSR count). The Bertz CT molecular complexity index is 555. The average molecular weight is 325 g/mol. The second-order valence-corrected chi connectivity index (χ2v) is 5.89. The third-order valence-corrected chi connectivity index (χ3v) is 2.69. The number of hydrogen-bond acceptors (Lipinski definition) is 6. The van der Waals surface area contributed by atoms with Crippen molar-refractivity contribution < 1.29 is 19.2 Å². The smallest absolute Gasteiger partial charge is 0.407 e. The lowest BCUT2D eigenvalue weighted by Crippen LogP contribution is -2.33. The maximum Gasteiger partial charge on any atom is 0.407 e. The standard InChI is InChI=1S/C15H23N3O5/c1-15(2,3)23-14(19)17-7-5-6-16-11-8-12(18(20)21)10-13(9-11)22-4/h8-10,16H,5-7H2,1-4H3,(H,17,19). The van der Waals surface area contributed by atoms with E-state index in [-0.39, 0.29) is 5.69 Å². The first-order valence-electron chi connectivity index (χ1n) is 7.25. The Hall–Kier alpha value is -2.51. The molecular formula is C15H23N3O5. The van der Waals surface area contributed by atoms with Crippen molar-refractivity contribution in [2.24, 2.45) is 0 Å². The third-order valence-electron chi connectivity index (χ3n) is 2.69. The predicted octanol–water partition coefficient (Wildman–Crippen LogP) is 2.93. The molecule has 8 heteroatoms. The minimum atomic E-state index is -0.526. The fraction of sp³-hybridized carbons (Fsp3) is 0.533. The van der Waals surface area contributed by atoms with Gasteiger partial charge in [0, 0.05) is 30.9 Å². The number of anilines is 1. The number of amides is 1. The fourth-order valence-corrected chi connectivity index (χ4v) is 1.73. The van der Waals surface area contributed by atoms with E-state index >= 15 is 0 Å². The number of rotatable bonds is 7. The number of methoxy groups -OCH3 is 1. The van der Waals surface area contributed by atoms with Gasteiger partial charge in [0.25, 0.3) is 5.69 Å². The molecular weight excluding hydrogens is 302 g/mol. The summed E-state index contributed by atoms with van der Waals surface area (Å²) in [5.41, 5.74) is 0.0223. The van der Waals surface area contributed by atoms with Crippen LogP contribution in [0.25, 0.3) is 0 Å². The molecule has 2 N–H and O–H groups in total. The van der Waals surface area contributed by atoms with Crippen molar-refractivity contribution in [3.05, 3.63) is 28.3 Å². The van der Waals surface area contributed by atoms with Crippen LogP contribution in [0.4, 0.5) is 16.2 Å². The molecule has 0 aromatic heterocycles. The number of benzene rings is 1. The first-order valence-corrected chi connectivity index (χ1v) is 7.25. The summed E-state index contributed by atoms with van der Waals surface area (Å²) in [5, 5.41) is 16.6. The van der Waals surface area contributed by atoms with E-state index in [1.54, 1.807) is 26.8 Å². The number of alkyl carbamates (subject to hydrolysis) is 1. The van der Waals surface area contributed by atoms with Gasteiger partial charge >= 0.3 is 6.09 Å². The molecule has 0 unspecified atom stereocenters. The van der Waals surface area contributed by atoms with E-state index in [2.05, 4.69) is 10.6 Å². The van der Waals surface area contributed by atoms with Crippen LogP contribution in [-0.4, -0.2) is 36.8 Å². The number of carbonyl (C=O) groups is 1. The average Bonchev–Trinajstić information content (AvgIpc) is 2.44. The molecule has 1 aromatic carbocycles. The topological polar surface area (TPSA) is 103 Å². The monoisotopic (exact) mass is 325 g/mol. The quantitative estimate of drug-likeness (QED) is 0.454. The molecule has 0 radical (unpaired) electrons. The minimum Gasteiger partial charge on any atom is -0.496 e. The van der Waals surface area contributed by atoms with Crippen molar-refractivity contribution in [3.8, 4) is 5.75 Å². The third kappa shape index (κ3) is 7.35. The van der Waals surface area contributed by atoms with Gasteiger partial charge in [-0.05, 0) is 27.2 Å². The number of nitro groups is 1. The van der Waals surface area contributed by atoms with Gasteiger partial charge in [0.1, 0.15) is 11.4 Å². The zero-order valence-electron chi connectivity index (χ0n) is 13.8. The lowest BCUT2D eigenvalue weighted by Gasteiger charge is -2.19. The predicted molar refractivity (Wildman–Crippen MR) is 87.0 cm³/mol. The van der Waals surface area contributed by atoms with Gasteiger partial charge in [0.15, 0.2) is 0 Å². The van der Waals surface area contributed by atoms with Crippen LogP contribution >= 0.6 is 0 Å². The van der Waals surface area contributed by atoms with Crippen molar-refractivity contribution in [3.63, 3.8) is 0 Å². The van der Waals surface area contributed by atoms with Gasteiger partial charge in [-0.3, -0.25) is 10.1 Å². The summed E-state index contributed by atoms with van der Waals surface area (Å²) in [6.07, 6.45) is 0.180. The van der Waals surface area contributed by atoms with Crippen LogP contribution in [0.5, 0.6) is 5.75 Å². The van der Waals surface area contributed by atoms with Gasteiger partial charge < -0.3 is 20.1 Å². The van der Waals surface area contributed by atoms with Crippen LogP contribution < -0.4 is 15.4 Å². The molecule has 8 nitrogen and oxygen atoms in total. The first-order chi connectivity index (χ1) is 10.7. The van der Waals surface area contributed by atoms with Crippen LogP contribution in [-0.2, 0) is 4.74 Å². The number of hydrogen-bond donors (Lipinski definition) is 2. The molecule has 1 aromatic rings. The van der Waals surface area contributed by atoms with Crippen LogP contribution in [0.1, 0.15) is 27.2 Å². The Morgan fingerprint density at radius 1 is 1.26 bits per heavy atom. The Morgan fingerprint density at radius 3 is 2.52 bits per heavy atom. The van der Waals surface area contributed by atoms with E-state index in [0.717, 1.165) is 0 Å². The van der Waals surface area contributed by atoms with Crippen molar-refractivity contribution in [1.29, 1.82) is 0 Å². The molecule has 23 heavy (non-hydrogen) atoms. The highest BCUT2D eigenvalue weighted by Gasteiger charge is 2.15. The van der Waals surface area contributed by atoms with Gasteiger partial charge in [-0.1, -0.05) is 0 Å². The molecule has 0 atom stereocenters. The Balaban J connectivity index is 2.40. The van der Waals surface area contributed by atoms with Gasteiger partial charge in [-0.2, -0.15) is 0 Å². The fourth-order valence-electron chi connectivity index (χ4n) is 1.73. The summed E-state index contributed by atoms with van der Waals surface area (Å²) in [4.78, 5) is 21.8. The van der Waals surface area contributed by atoms with Crippen molar-refractivity contribution in [2.45, 2.75) is 32.8 Å². The van der Waals surface area contributed by atoms with Crippen LogP contribution in [0.3, 0.4) is 0 Å². The number of nitro benzene ring substituents is 1. The highest BCUT2D eigenvalue weighted by Crippen LogP contribution is 2.25. The minimum absolute atomic E-state index is 0.0428. The van der Waals surface area contributed by atoms with E-state index < -0.39 is 16.6 Å². The molecule has 0 bridgehead atoms. The first kappa shape index (κ1) is 18.5. The SMILES string of the molecule is COc1cc(NCCCNC(=O)OC(C)(C)C)cc([N+](=O)[O-])c1. The normalized spacial score (nSPS) is 10.8. The summed E-state index contributed by atoms with van der Waals surface area (Å²) in [6.45, 7) is 6.37. The zero-order valence-corrected chi connectivity index (χ0v) is 13.8. The Kier molecular flexibility index (Phi) is 6.62. The second kappa shape index (κ2) is 8.21. The van der Waals surface area contributed by atoms with Crippen LogP contribution in [0.2, 0.25) is 0 Å². The molecule has 0 spiro atoms. The summed E-state index contributed by atoms with van der Waals surface area (Å²) in [5.74, 6) is 0.411. The van der Waals surface area contributed by atoms with E-state index in [1.807, 2.05) is 0 Å². The Labute approximate surface area is 135 Å². The highest BCUT2D eigenvalue weighted by molar-refractivity contribution is 5.67. The molecule has 0 heterocycles. The second-order valence-electron chi connectivity index (χ2n) is 5.89.